The predicted octanol–water partition coefficient (Wildman–Crippen LogP) is 5.44. The molecule has 0 spiro atoms. The normalized spacial score (nSPS) is 10.8. The van der Waals surface area contributed by atoms with Crippen LogP contribution < -0.4 is 10.6 Å². The van der Waals surface area contributed by atoms with E-state index in [4.69, 9.17) is 0 Å². The average molecular weight is 355 g/mol. The van der Waals surface area contributed by atoms with Crippen LogP contribution in [0.25, 0.3) is 10.9 Å². The van der Waals surface area contributed by atoms with E-state index in [0.29, 0.717) is 5.95 Å². The first-order valence-electron chi connectivity index (χ1n) is 8.89. The first-order chi connectivity index (χ1) is 13.1. The Labute approximate surface area is 158 Å². The summed E-state index contributed by atoms with van der Waals surface area (Å²) in [7, 11) is 0. The van der Waals surface area contributed by atoms with Crippen LogP contribution in [0.2, 0.25) is 0 Å². The number of aromatic nitrogens is 3. The molecule has 2 aromatic carbocycles. The zero-order valence-electron chi connectivity index (χ0n) is 15.6. The molecule has 5 nitrogen and oxygen atoms in total. The van der Waals surface area contributed by atoms with Crippen molar-refractivity contribution in [2.75, 3.05) is 10.6 Å². The Bertz CT molecular complexity index is 1120. The van der Waals surface area contributed by atoms with E-state index in [1.165, 1.54) is 11.1 Å². The number of hydrogen-bond acceptors (Lipinski definition) is 5. The van der Waals surface area contributed by atoms with E-state index in [0.717, 1.165) is 33.8 Å². The number of anilines is 4. The summed E-state index contributed by atoms with van der Waals surface area (Å²) in [5.41, 5.74) is 6.18. The Morgan fingerprint density at radius 3 is 2.48 bits per heavy atom. The van der Waals surface area contributed by atoms with Crippen LogP contribution in [0.3, 0.4) is 0 Å². The summed E-state index contributed by atoms with van der Waals surface area (Å²) in [6.07, 6.45) is 1.80. The number of benzene rings is 2. The molecular formula is C22H21N5. The van der Waals surface area contributed by atoms with Crippen LogP contribution in [0.1, 0.15) is 16.8 Å². The minimum absolute atomic E-state index is 0.564. The summed E-state index contributed by atoms with van der Waals surface area (Å²) >= 11 is 0. The molecule has 0 bridgehead atoms. The molecule has 0 amide bonds. The molecule has 0 saturated heterocycles. The number of hydrogen-bond donors (Lipinski definition) is 2. The second-order valence-electron chi connectivity index (χ2n) is 6.65. The third-order valence-electron chi connectivity index (χ3n) is 4.51. The van der Waals surface area contributed by atoms with Crippen molar-refractivity contribution in [2.24, 2.45) is 0 Å². The molecule has 0 aliphatic rings. The van der Waals surface area contributed by atoms with Gasteiger partial charge in [-0.05, 0) is 56.2 Å². The molecule has 5 heteroatoms. The van der Waals surface area contributed by atoms with E-state index in [-0.39, 0.29) is 0 Å². The van der Waals surface area contributed by atoms with Gasteiger partial charge in [-0.2, -0.15) is 4.98 Å². The molecule has 134 valence electrons. The summed E-state index contributed by atoms with van der Waals surface area (Å²) in [5, 5.41) is 7.76. The lowest BCUT2D eigenvalue weighted by molar-refractivity contribution is 1.11. The van der Waals surface area contributed by atoms with Gasteiger partial charge in [-0.1, -0.05) is 24.3 Å². The molecule has 0 saturated carbocycles. The minimum atomic E-state index is 0.564. The fourth-order valence-corrected chi connectivity index (χ4v) is 2.98. The number of aryl methyl sites for hydroxylation is 3. The standard InChI is InChI=1S/C22H21N5/c1-14-9-10-18(12-15(14)2)25-22-24-16(3)13-20(27-22)26-19-8-4-6-17-7-5-11-23-21(17)19/h4-13H,1-3H3,(H2,24,25,26,27). The second-order valence-corrected chi connectivity index (χ2v) is 6.65. The molecule has 0 radical (unpaired) electrons. The molecule has 0 aliphatic heterocycles. The van der Waals surface area contributed by atoms with Crippen molar-refractivity contribution in [1.82, 2.24) is 15.0 Å². The molecule has 0 aliphatic carbocycles. The van der Waals surface area contributed by atoms with Crippen molar-refractivity contribution in [3.05, 3.63) is 77.6 Å². The van der Waals surface area contributed by atoms with Gasteiger partial charge in [-0.15, -0.1) is 0 Å². The molecule has 2 heterocycles. The van der Waals surface area contributed by atoms with Crippen molar-refractivity contribution >= 4 is 34.0 Å². The lowest BCUT2D eigenvalue weighted by Crippen LogP contribution is -2.03. The van der Waals surface area contributed by atoms with Gasteiger partial charge in [0.05, 0.1) is 11.2 Å². The van der Waals surface area contributed by atoms with Crippen LogP contribution in [-0.4, -0.2) is 15.0 Å². The molecule has 2 N–H and O–H groups in total. The Balaban J connectivity index is 1.65. The molecule has 0 fully saturated rings. The third-order valence-corrected chi connectivity index (χ3v) is 4.51. The van der Waals surface area contributed by atoms with E-state index in [1.807, 2.05) is 49.4 Å². The van der Waals surface area contributed by atoms with Crippen LogP contribution >= 0.6 is 0 Å². The number of nitrogens with zero attached hydrogens (tertiary/aromatic N) is 3. The van der Waals surface area contributed by atoms with E-state index in [1.54, 1.807) is 6.20 Å². The van der Waals surface area contributed by atoms with Gasteiger partial charge in [-0.3, -0.25) is 4.98 Å². The maximum Gasteiger partial charge on any atom is 0.229 e. The van der Waals surface area contributed by atoms with Crippen molar-refractivity contribution < 1.29 is 0 Å². The van der Waals surface area contributed by atoms with Crippen LogP contribution in [0.15, 0.2) is 60.8 Å². The average Bonchev–Trinajstić information content (AvgIpc) is 2.65. The highest BCUT2D eigenvalue weighted by Crippen LogP contribution is 2.25. The number of rotatable bonds is 4. The third kappa shape index (κ3) is 3.72. The molecule has 27 heavy (non-hydrogen) atoms. The van der Waals surface area contributed by atoms with Gasteiger partial charge in [0, 0.05) is 29.0 Å². The molecule has 4 aromatic rings. The van der Waals surface area contributed by atoms with Crippen molar-refractivity contribution in [3.63, 3.8) is 0 Å². The largest absolute Gasteiger partial charge is 0.338 e. The predicted molar refractivity (Wildman–Crippen MR) is 111 cm³/mol. The smallest absolute Gasteiger partial charge is 0.229 e. The SMILES string of the molecule is Cc1cc(Nc2cccc3cccnc23)nc(Nc2ccc(C)c(C)c2)n1. The van der Waals surface area contributed by atoms with Crippen LogP contribution in [0, 0.1) is 20.8 Å². The summed E-state index contributed by atoms with van der Waals surface area (Å²) in [5.74, 6) is 1.29. The number of pyridine rings is 1. The molecule has 2 aromatic heterocycles. The summed E-state index contributed by atoms with van der Waals surface area (Å²) < 4.78 is 0. The van der Waals surface area contributed by atoms with E-state index < -0.39 is 0 Å². The van der Waals surface area contributed by atoms with Crippen molar-refractivity contribution in [1.29, 1.82) is 0 Å². The second kappa shape index (κ2) is 7.03. The first-order valence-corrected chi connectivity index (χ1v) is 8.89. The summed E-state index contributed by atoms with van der Waals surface area (Å²) in [4.78, 5) is 13.6. The van der Waals surface area contributed by atoms with Gasteiger partial charge in [0.1, 0.15) is 5.82 Å². The Hall–Kier alpha value is -3.47. The maximum atomic E-state index is 4.62. The Morgan fingerprint density at radius 1 is 0.778 bits per heavy atom. The maximum absolute atomic E-state index is 4.62. The first kappa shape index (κ1) is 17.0. The van der Waals surface area contributed by atoms with Crippen LogP contribution in [0.5, 0.6) is 0 Å². The zero-order valence-corrected chi connectivity index (χ0v) is 15.6. The lowest BCUT2D eigenvalue weighted by atomic mass is 10.1. The molecule has 4 rings (SSSR count). The van der Waals surface area contributed by atoms with Gasteiger partial charge >= 0.3 is 0 Å². The quantitative estimate of drug-likeness (QED) is 0.510. The van der Waals surface area contributed by atoms with Gasteiger partial charge in [0.2, 0.25) is 5.95 Å². The fraction of sp³-hybridized carbons (Fsp3) is 0.136. The lowest BCUT2D eigenvalue weighted by Gasteiger charge is -2.12. The molecule has 0 atom stereocenters. The Morgan fingerprint density at radius 2 is 1.63 bits per heavy atom. The highest BCUT2D eigenvalue weighted by atomic mass is 15.1. The number of para-hydroxylation sites is 1. The summed E-state index contributed by atoms with van der Waals surface area (Å²) in [6, 6.07) is 18.2. The molecular weight excluding hydrogens is 334 g/mol. The van der Waals surface area contributed by atoms with E-state index in [2.05, 4.69) is 51.6 Å². The van der Waals surface area contributed by atoms with Crippen LogP contribution in [0.4, 0.5) is 23.1 Å². The van der Waals surface area contributed by atoms with Crippen molar-refractivity contribution in [2.45, 2.75) is 20.8 Å². The van der Waals surface area contributed by atoms with Crippen molar-refractivity contribution in [3.8, 4) is 0 Å². The molecule has 0 unspecified atom stereocenters. The van der Waals surface area contributed by atoms with Crippen LogP contribution in [-0.2, 0) is 0 Å². The van der Waals surface area contributed by atoms with Gasteiger partial charge in [0.15, 0.2) is 0 Å². The number of fused-ring (bicyclic) bond motifs is 1. The van der Waals surface area contributed by atoms with Gasteiger partial charge < -0.3 is 10.6 Å². The highest BCUT2D eigenvalue weighted by molar-refractivity contribution is 5.91. The topological polar surface area (TPSA) is 62.7 Å². The number of nitrogens with one attached hydrogen (secondary N) is 2. The minimum Gasteiger partial charge on any atom is -0.338 e. The summed E-state index contributed by atoms with van der Waals surface area (Å²) in [6.45, 7) is 6.15. The highest BCUT2D eigenvalue weighted by Gasteiger charge is 2.07. The fourth-order valence-electron chi connectivity index (χ4n) is 2.98. The Kier molecular flexibility index (Phi) is 4.42. The zero-order chi connectivity index (χ0) is 18.8. The van der Waals surface area contributed by atoms with Gasteiger partial charge in [0.25, 0.3) is 0 Å². The monoisotopic (exact) mass is 355 g/mol. The van der Waals surface area contributed by atoms with E-state index in [9.17, 15) is 0 Å². The van der Waals surface area contributed by atoms with E-state index >= 15 is 0 Å². The van der Waals surface area contributed by atoms with Gasteiger partial charge in [-0.25, -0.2) is 4.98 Å².